The van der Waals surface area contributed by atoms with Gasteiger partial charge in [0.1, 0.15) is 0 Å². The van der Waals surface area contributed by atoms with E-state index >= 15 is 0 Å². The average Bonchev–Trinajstić information content (AvgIpc) is 2.38. The molecule has 0 bridgehead atoms. The van der Waals surface area contributed by atoms with E-state index in [2.05, 4.69) is 24.1 Å². The van der Waals surface area contributed by atoms with Crippen LogP contribution >= 0.6 is 11.6 Å². The molecule has 3 nitrogen and oxygen atoms in total. The highest BCUT2D eigenvalue weighted by atomic mass is 35.5. The smallest absolute Gasteiger partial charge is 0.0791 e. The van der Waals surface area contributed by atoms with E-state index in [0.29, 0.717) is 6.54 Å². The van der Waals surface area contributed by atoms with Crippen molar-refractivity contribution >= 4 is 11.6 Å². The Balaban J connectivity index is 2.22. The van der Waals surface area contributed by atoms with Gasteiger partial charge < -0.3 is 15.3 Å². The molecule has 1 aromatic carbocycles. The lowest BCUT2D eigenvalue weighted by molar-refractivity contribution is 0.116. The third kappa shape index (κ3) is 5.83. The summed E-state index contributed by atoms with van der Waals surface area (Å²) in [5, 5.41) is 13.9. The van der Waals surface area contributed by atoms with Crippen LogP contribution in [-0.2, 0) is 6.54 Å². The Kier molecular flexibility index (Phi) is 7.28. The SMILES string of the molecule is CCN(CC)CC(O)CNCc1ccc(Cl)cc1. The van der Waals surface area contributed by atoms with Crippen LogP contribution < -0.4 is 5.32 Å². The van der Waals surface area contributed by atoms with Crippen LogP contribution in [0.1, 0.15) is 19.4 Å². The normalized spacial score (nSPS) is 12.9. The third-order valence-corrected chi connectivity index (χ3v) is 3.24. The molecule has 1 atom stereocenters. The number of benzene rings is 1. The second-order valence-electron chi connectivity index (χ2n) is 4.40. The number of rotatable bonds is 8. The van der Waals surface area contributed by atoms with Gasteiger partial charge in [-0.1, -0.05) is 37.6 Å². The summed E-state index contributed by atoms with van der Waals surface area (Å²) in [6.45, 7) is 8.26. The number of hydrogen-bond donors (Lipinski definition) is 2. The number of aliphatic hydroxyl groups is 1. The highest BCUT2D eigenvalue weighted by molar-refractivity contribution is 6.30. The van der Waals surface area contributed by atoms with E-state index < -0.39 is 0 Å². The maximum absolute atomic E-state index is 9.88. The zero-order valence-electron chi connectivity index (χ0n) is 11.2. The van der Waals surface area contributed by atoms with E-state index in [-0.39, 0.29) is 6.10 Å². The number of halogens is 1. The topological polar surface area (TPSA) is 35.5 Å². The van der Waals surface area contributed by atoms with Gasteiger partial charge in [-0.2, -0.15) is 0 Å². The molecule has 0 aromatic heterocycles. The van der Waals surface area contributed by atoms with Crippen molar-refractivity contribution < 1.29 is 5.11 Å². The predicted molar refractivity (Wildman–Crippen MR) is 77.0 cm³/mol. The second-order valence-corrected chi connectivity index (χ2v) is 4.83. The first-order valence-corrected chi connectivity index (χ1v) is 6.89. The monoisotopic (exact) mass is 270 g/mol. The lowest BCUT2D eigenvalue weighted by Crippen LogP contribution is -2.38. The van der Waals surface area contributed by atoms with Crippen LogP contribution in [0.4, 0.5) is 0 Å². The second kappa shape index (κ2) is 8.48. The molecule has 0 saturated heterocycles. The molecule has 18 heavy (non-hydrogen) atoms. The predicted octanol–water partition coefficient (Wildman–Crippen LogP) is 2.13. The summed E-state index contributed by atoms with van der Waals surface area (Å²) in [6, 6.07) is 7.74. The first-order valence-electron chi connectivity index (χ1n) is 6.51. The van der Waals surface area contributed by atoms with Gasteiger partial charge in [-0.15, -0.1) is 0 Å². The molecular formula is C14H23ClN2O. The molecule has 4 heteroatoms. The van der Waals surface area contributed by atoms with Crippen LogP contribution in [0.2, 0.25) is 5.02 Å². The summed E-state index contributed by atoms with van der Waals surface area (Å²) in [4.78, 5) is 2.22. The van der Waals surface area contributed by atoms with Crippen LogP contribution in [0.3, 0.4) is 0 Å². The van der Waals surface area contributed by atoms with Crippen molar-refractivity contribution in [2.75, 3.05) is 26.2 Å². The average molecular weight is 271 g/mol. The Hall–Kier alpha value is -0.610. The quantitative estimate of drug-likeness (QED) is 0.760. The Morgan fingerprint density at radius 1 is 1.22 bits per heavy atom. The van der Waals surface area contributed by atoms with Gasteiger partial charge in [0.25, 0.3) is 0 Å². The van der Waals surface area contributed by atoms with Crippen molar-refractivity contribution in [3.05, 3.63) is 34.9 Å². The maximum atomic E-state index is 9.88. The molecule has 1 aromatic rings. The van der Waals surface area contributed by atoms with Crippen LogP contribution in [-0.4, -0.2) is 42.3 Å². The molecule has 2 N–H and O–H groups in total. The molecule has 0 radical (unpaired) electrons. The molecule has 1 rings (SSSR count). The summed E-state index contributed by atoms with van der Waals surface area (Å²) in [6.07, 6.45) is -0.322. The fourth-order valence-electron chi connectivity index (χ4n) is 1.83. The summed E-state index contributed by atoms with van der Waals surface area (Å²) in [5.74, 6) is 0. The molecular weight excluding hydrogens is 248 g/mol. The van der Waals surface area contributed by atoms with E-state index in [1.54, 1.807) is 0 Å². The Morgan fingerprint density at radius 3 is 2.39 bits per heavy atom. The van der Waals surface area contributed by atoms with E-state index in [1.807, 2.05) is 24.3 Å². The number of nitrogens with one attached hydrogen (secondary N) is 1. The summed E-state index contributed by atoms with van der Waals surface area (Å²) in [7, 11) is 0. The molecule has 0 spiro atoms. The van der Waals surface area contributed by atoms with Crippen LogP contribution in [0.5, 0.6) is 0 Å². The van der Waals surface area contributed by atoms with E-state index in [4.69, 9.17) is 11.6 Å². The van der Waals surface area contributed by atoms with Crippen molar-refractivity contribution in [1.29, 1.82) is 0 Å². The first kappa shape index (κ1) is 15.4. The van der Waals surface area contributed by atoms with Gasteiger partial charge in [0.2, 0.25) is 0 Å². The number of hydrogen-bond acceptors (Lipinski definition) is 3. The molecule has 0 saturated carbocycles. The Labute approximate surface area is 115 Å². The van der Waals surface area contributed by atoms with Gasteiger partial charge in [0.15, 0.2) is 0 Å². The van der Waals surface area contributed by atoms with E-state index in [9.17, 15) is 5.11 Å². The van der Waals surface area contributed by atoms with Crippen LogP contribution in [0.15, 0.2) is 24.3 Å². The Morgan fingerprint density at radius 2 is 1.83 bits per heavy atom. The summed E-state index contributed by atoms with van der Waals surface area (Å²) < 4.78 is 0. The van der Waals surface area contributed by atoms with Crippen LogP contribution in [0.25, 0.3) is 0 Å². The van der Waals surface area contributed by atoms with Crippen molar-refractivity contribution in [3.63, 3.8) is 0 Å². The summed E-state index contributed by atoms with van der Waals surface area (Å²) in [5.41, 5.74) is 1.18. The molecule has 102 valence electrons. The van der Waals surface area contributed by atoms with Crippen molar-refractivity contribution in [3.8, 4) is 0 Å². The fourth-order valence-corrected chi connectivity index (χ4v) is 1.96. The van der Waals surface area contributed by atoms with Gasteiger partial charge >= 0.3 is 0 Å². The number of nitrogens with zero attached hydrogens (tertiary/aromatic N) is 1. The maximum Gasteiger partial charge on any atom is 0.0791 e. The highest BCUT2D eigenvalue weighted by Gasteiger charge is 2.08. The molecule has 0 aliphatic rings. The van der Waals surface area contributed by atoms with Gasteiger partial charge in [-0.05, 0) is 30.8 Å². The largest absolute Gasteiger partial charge is 0.390 e. The molecule has 0 heterocycles. The lowest BCUT2D eigenvalue weighted by atomic mass is 10.2. The van der Waals surface area contributed by atoms with Crippen molar-refractivity contribution in [2.45, 2.75) is 26.5 Å². The molecule has 0 aliphatic heterocycles. The van der Waals surface area contributed by atoms with Gasteiger partial charge in [0.05, 0.1) is 6.10 Å². The highest BCUT2D eigenvalue weighted by Crippen LogP contribution is 2.09. The Bertz CT molecular complexity index is 325. The van der Waals surface area contributed by atoms with Gasteiger partial charge in [0, 0.05) is 24.7 Å². The summed E-state index contributed by atoms with van der Waals surface area (Å²) >= 11 is 5.82. The first-order chi connectivity index (χ1) is 8.65. The standard InChI is InChI=1S/C14H23ClN2O/c1-3-17(4-2)11-14(18)10-16-9-12-5-7-13(15)8-6-12/h5-8,14,16,18H,3-4,9-11H2,1-2H3. The molecule has 1 unspecified atom stereocenters. The fraction of sp³-hybridized carbons (Fsp3) is 0.571. The minimum Gasteiger partial charge on any atom is -0.390 e. The molecule has 0 fully saturated rings. The van der Waals surface area contributed by atoms with Crippen molar-refractivity contribution in [2.24, 2.45) is 0 Å². The third-order valence-electron chi connectivity index (χ3n) is 2.99. The van der Waals surface area contributed by atoms with Crippen molar-refractivity contribution in [1.82, 2.24) is 10.2 Å². The zero-order valence-corrected chi connectivity index (χ0v) is 12.0. The van der Waals surface area contributed by atoms with E-state index in [1.165, 1.54) is 5.56 Å². The number of likely N-dealkylation sites (N-methyl/N-ethyl adjacent to an activating group) is 1. The minimum atomic E-state index is -0.322. The minimum absolute atomic E-state index is 0.322. The van der Waals surface area contributed by atoms with Gasteiger partial charge in [-0.3, -0.25) is 0 Å². The lowest BCUT2D eigenvalue weighted by Gasteiger charge is -2.22. The number of aliphatic hydroxyl groups excluding tert-OH is 1. The molecule has 0 aliphatic carbocycles. The van der Waals surface area contributed by atoms with Crippen LogP contribution in [0, 0.1) is 0 Å². The van der Waals surface area contributed by atoms with E-state index in [0.717, 1.165) is 31.2 Å². The zero-order chi connectivity index (χ0) is 13.4. The molecule has 0 amide bonds. The van der Waals surface area contributed by atoms with Gasteiger partial charge in [-0.25, -0.2) is 0 Å².